The number of hydrogen-bond donors (Lipinski definition) is 0. The summed E-state index contributed by atoms with van der Waals surface area (Å²) in [5, 5.41) is 1.98. The molecular weight excluding hydrogens is 450 g/mol. The van der Waals surface area contributed by atoms with Gasteiger partial charge in [0.05, 0.1) is 16.0 Å². The number of amides is 2. The van der Waals surface area contributed by atoms with E-state index < -0.39 is 21.9 Å². The van der Waals surface area contributed by atoms with Crippen LogP contribution in [0.15, 0.2) is 53.4 Å². The summed E-state index contributed by atoms with van der Waals surface area (Å²) in [6, 6.07) is 13.7. The summed E-state index contributed by atoms with van der Waals surface area (Å²) < 4.78 is 31.1. The summed E-state index contributed by atoms with van der Waals surface area (Å²) >= 11 is 0. The average Bonchev–Trinajstić information content (AvgIpc) is 3.73. The number of nitrogens with zero attached hydrogens (tertiary/aromatic N) is 1. The first-order valence-electron chi connectivity index (χ1n) is 11.8. The van der Waals surface area contributed by atoms with Crippen molar-refractivity contribution in [3.05, 3.63) is 76.3 Å². The first kappa shape index (κ1) is 21.5. The molecule has 0 atom stereocenters. The van der Waals surface area contributed by atoms with Crippen molar-refractivity contribution in [3.8, 4) is 0 Å². The molecule has 7 heteroatoms. The summed E-state index contributed by atoms with van der Waals surface area (Å²) in [4.78, 5) is 26.9. The predicted octanol–water partition coefficient (Wildman–Crippen LogP) is 4.97. The molecule has 1 heterocycles. The van der Waals surface area contributed by atoms with Crippen molar-refractivity contribution in [2.24, 2.45) is 11.8 Å². The smallest absolute Gasteiger partial charge is 0.266 e. The van der Waals surface area contributed by atoms with E-state index in [0.29, 0.717) is 33.4 Å². The highest BCUT2D eigenvalue weighted by Crippen LogP contribution is 2.41. The van der Waals surface area contributed by atoms with E-state index in [9.17, 15) is 18.0 Å². The largest absolute Gasteiger partial charge is 0.318 e. The van der Waals surface area contributed by atoms with Crippen molar-refractivity contribution >= 4 is 32.7 Å². The fourth-order valence-electron chi connectivity index (χ4n) is 4.80. The van der Waals surface area contributed by atoms with Crippen LogP contribution in [0.4, 0.5) is 0 Å². The van der Waals surface area contributed by atoms with E-state index >= 15 is 0 Å². The average molecular weight is 476 g/mol. The number of rotatable bonds is 7. The van der Waals surface area contributed by atoms with Gasteiger partial charge >= 0.3 is 10.1 Å². The molecule has 3 aromatic rings. The van der Waals surface area contributed by atoms with E-state index in [0.717, 1.165) is 47.8 Å². The van der Waals surface area contributed by atoms with Gasteiger partial charge in [-0.3, -0.25) is 9.59 Å². The van der Waals surface area contributed by atoms with Crippen LogP contribution in [-0.2, 0) is 27.2 Å². The number of imide groups is 1. The maximum atomic E-state index is 13.7. The van der Waals surface area contributed by atoms with Crippen molar-refractivity contribution in [2.75, 3.05) is 0 Å². The van der Waals surface area contributed by atoms with Gasteiger partial charge in [0.15, 0.2) is 0 Å². The Bertz CT molecular complexity index is 1450. The molecule has 1 aliphatic heterocycles. The third kappa shape index (κ3) is 3.73. The van der Waals surface area contributed by atoms with Crippen LogP contribution >= 0.6 is 0 Å². The van der Waals surface area contributed by atoms with Crippen LogP contribution in [0.5, 0.6) is 0 Å². The normalized spacial score (nSPS) is 18.1. The van der Waals surface area contributed by atoms with Gasteiger partial charge in [-0.1, -0.05) is 35.9 Å². The van der Waals surface area contributed by atoms with E-state index in [-0.39, 0.29) is 4.90 Å². The second-order valence-electron chi connectivity index (χ2n) is 9.84. The Balaban J connectivity index is 1.46. The second kappa shape index (κ2) is 7.75. The van der Waals surface area contributed by atoms with Crippen molar-refractivity contribution < 1.29 is 22.3 Å². The zero-order chi connectivity index (χ0) is 23.6. The quantitative estimate of drug-likeness (QED) is 0.451. The zero-order valence-corrected chi connectivity index (χ0v) is 19.7. The molecule has 174 valence electrons. The molecule has 0 aromatic heterocycles. The second-order valence-corrected chi connectivity index (χ2v) is 11.4. The molecule has 0 spiro atoms. The van der Waals surface area contributed by atoms with Gasteiger partial charge in [-0.15, -0.1) is 9.35 Å². The van der Waals surface area contributed by atoms with Crippen LogP contribution < -0.4 is 0 Å². The Kier molecular flexibility index (Phi) is 4.90. The topological polar surface area (TPSA) is 80.8 Å². The summed E-state index contributed by atoms with van der Waals surface area (Å²) in [6.07, 6.45) is 6.28. The molecule has 3 aliphatic rings. The molecule has 0 radical (unpaired) electrons. The number of benzene rings is 3. The van der Waals surface area contributed by atoms with Crippen LogP contribution in [-0.4, -0.2) is 25.3 Å². The minimum atomic E-state index is -4.37. The van der Waals surface area contributed by atoms with Crippen LogP contribution in [0.25, 0.3) is 10.8 Å². The Morgan fingerprint density at radius 2 is 1.44 bits per heavy atom. The van der Waals surface area contributed by atoms with E-state index in [1.165, 1.54) is 25.0 Å². The van der Waals surface area contributed by atoms with Crippen LogP contribution in [0.2, 0.25) is 0 Å². The van der Waals surface area contributed by atoms with Crippen LogP contribution in [0.1, 0.15) is 63.1 Å². The molecule has 0 unspecified atom stereocenters. The predicted molar refractivity (Wildman–Crippen MR) is 127 cm³/mol. The summed E-state index contributed by atoms with van der Waals surface area (Å²) in [5.41, 5.74) is 3.56. The number of hydroxylamine groups is 2. The molecule has 2 aliphatic carbocycles. The number of aryl methyl sites for hydroxylation is 1. The van der Waals surface area contributed by atoms with Crippen molar-refractivity contribution in [3.63, 3.8) is 0 Å². The minimum absolute atomic E-state index is 0.110. The molecule has 2 fully saturated rings. The summed E-state index contributed by atoms with van der Waals surface area (Å²) in [6.45, 7) is 1.84. The van der Waals surface area contributed by atoms with E-state index in [1.54, 1.807) is 18.2 Å². The molecular formula is C27H25NO5S. The molecule has 3 aromatic carbocycles. The first-order chi connectivity index (χ1) is 16.3. The Morgan fingerprint density at radius 3 is 2.09 bits per heavy atom. The first-order valence-corrected chi connectivity index (χ1v) is 13.2. The van der Waals surface area contributed by atoms with Gasteiger partial charge in [-0.25, -0.2) is 0 Å². The van der Waals surface area contributed by atoms with Gasteiger partial charge in [0.25, 0.3) is 11.8 Å². The lowest BCUT2D eigenvalue weighted by Crippen LogP contribution is -2.42. The van der Waals surface area contributed by atoms with Gasteiger partial charge in [0, 0.05) is 5.39 Å². The third-order valence-corrected chi connectivity index (χ3v) is 8.26. The lowest BCUT2D eigenvalue weighted by Gasteiger charge is -2.27. The standard InChI is InChI=1S/C27H25NO5S/c1-16-2-10-21(11-3-16)34(31,32)33-28-26(29)23-13-8-19(14-17-4-5-17)22-12-9-20(15-18-6-7-18)24(25(22)23)27(28)30/h2-3,8-13,17-18H,4-7,14-15H2,1H3. The molecule has 0 N–H and O–H groups in total. The Morgan fingerprint density at radius 1 is 0.824 bits per heavy atom. The summed E-state index contributed by atoms with van der Waals surface area (Å²) in [7, 11) is -4.37. The highest BCUT2D eigenvalue weighted by molar-refractivity contribution is 7.86. The monoisotopic (exact) mass is 475 g/mol. The van der Waals surface area contributed by atoms with E-state index in [2.05, 4.69) is 0 Å². The molecule has 34 heavy (non-hydrogen) atoms. The van der Waals surface area contributed by atoms with Crippen molar-refractivity contribution in [1.29, 1.82) is 0 Å². The highest BCUT2D eigenvalue weighted by Gasteiger charge is 2.40. The molecule has 0 bridgehead atoms. The molecule has 6 nitrogen and oxygen atoms in total. The van der Waals surface area contributed by atoms with Gasteiger partial charge in [0.2, 0.25) is 0 Å². The zero-order valence-electron chi connectivity index (χ0n) is 18.9. The molecule has 0 saturated heterocycles. The maximum absolute atomic E-state index is 13.7. The Hall–Kier alpha value is -3.03. The number of hydrogen-bond acceptors (Lipinski definition) is 5. The van der Waals surface area contributed by atoms with Crippen LogP contribution in [0.3, 0.4) is 0 Å². The SMILES string of the molecule is Cc1ccc(S(=O)(=O)ON2C(=O)c3ccc(CC4CC4)c4ccc(CC5CC5)c(c34)C2=O)cc1. The fourth-order valence-corrected chi connectivity index (χ4v) is 5.69. The number of carbonyl (C=O) groups is 2. The molecule has 6 rings (SSSR count). The van der Waals surface area contributed by atoms with Crippen molar-refractivity contribution in [2.45, 2.75) is 50.3 Å². The highest BCUT2D eigenvalue weighted by atomic mass is 32.2. The third-order valence-electron chi connectivity index (χ3n) is 7.06. The Labute approximate surface area is 198 Å². The summed E-state index contributed by atoms with van der Waals surface area (Å²) in [5.74, 6) is -0.293. The molecule has 2 amide bonds. The fraction of sp³-hybridized carbons (Fsp3) is 0.333. The van der Waals surface area contributed by atoms with Gasteiger partial charge < -0.3 is 0 Å². The lowest BCUT2D eigenvalue weighted by molar-refractivity contribution is -0.0156. The van der Waals surface area contributed by atoms with Gasteiger partial charge in [0.1, 0.15) is 0 Å². The van der Waals surface area contributed by atoms with E-state index in [4.69, 9.17) is 4.28 Å². The van der Waals surface area contributed by atoms with E-state index in [1.807, 2.05) is 25.1 Å². The minimum Gasteiger partial charge on any atom is -0.266 e. The van der Waals surface area contributed by atoms with Crippen LogP contribution in [0, 0.1) is 18.8 Å². The molecule has 2 saturated carbocycles. The lowest BCUT2D eigenvalue weighted by atomic mass is 9.86. The van der Waals surface area contributed by atoms with Gasteiger partial charge in [-0.2, -0.15) is 8.42 Å². The van der Waals surface area contributed by atoms with Crippen molar-refractivity contribution in [1.82, 2.24) is 5.06 Å². The number of carbonyl (C=O) groups excluding carboxylic acids is 2. The maximum Gasteiger partial charge on any atom is 0.318 e. The van der Waals surface area contributed by atoms with Gasteiger partial charge in [-0.05, 0) is 92.0 Å².